The Hall–Kier alpha value is -1.54. The molecule has 0 aliphatic heterocycles. The minimum absolute atomic E-state index is 0.354. The largest absolute Gasteiger partial charge is 0.472 e. The molecule has 1 heterocycles. The lowest BCUT2D eigenvalue weighted by Crippen LogP contribution is -2.23. The minimum atomic E-state index is 0.354. The van der Waals surface area contributed by atoms with E-state index in [4.69, 9.17) is 4.42 Å². The molecule has 1 unspecified atom stereocenters. The second-order valence-electron chi connectivity index (χ2n) is 4.81. The van der Waals surface area contributed by atoms with Crippen LogP contribution in [0, 0.1) is 13.8 Å². The number of hydrogen-bond donors (Lipinski definition) is 1. The first-order valence-corrected chi connectivity index (χ1v) is 6.52. The highest BCUT2D eigenvalue weighted by Gasteiger charge is 2.14. The van der Waals surface area contributed by atoms with Crippen molar-refractivity contribution < 1.29 is 4.42 Å². The Labute approximate surface area is 109 Å². The van der Waals surface area contributed by atoms with Gasteiger partial charge in [0.15, 0.2) is 0 Å². The van der Waals surface area contributed by atoms with Gasteiger partial charge in [-0.15, -0.1) is 0 Å². The number of benzene rings is 1. The number of nitrogens with one attached hydrogen (secondary N) is 1. The van der Waals surface area contributed by atoms with Crippen LogP contribution in [0.5, 0.6) is 0 Å². The third-order valence-corrected chi connectivity index (χ3v) is 3.28. The molecule has 1 aromatic carbocycles. The summed E-state index contributed by atoms with van der Waals surface area (Å²) < 4.78 is 5.16. The number of likely N-dealkylation sites (N-methyl/N-ethyl adjacent to an activating group) is 1. The highest BCUT2D eigenvalue weighted by molar-refractivity contribution is 5.34. The lowest BCUT2D eigenvalue weighted by atomic mass is 9.95. The first-order valence-electron chi connectivity index (χ1n) is 6.52. The van der Waals surface area contributed by atoms with E-state index < -0.39 is 0 Å². The van der Waals surface area contributed by atoms with Crippen molar-refractivity contribution in [3.8, 4) is 0 Å². The number of rotatable bonds is 5. The van der Waals surface area contributed by atoms with Crippen LogP contribution in [-0.2, 0) is 6.42 Å². The first kappa shape index (κ1) is 12.9. The molecule has 18 heavy (non-hydrogen) atoms. The van der Waals surface area contributed by atoms with Crippen LogP contribution in [0.1, 0.15) is 35.2 Å². The summed E-state index contributed by atoms with van der Waals surface area (Å²) in [4.78, 5) is 0. The molecule has 0 amide bonds. The molecular weight excluding hydrogens is 222 g/mol. The van der Waals surface area contributed by atoms with Gasteiger partial charge >= 0.3 is 0 Å². The average Bonchev–Trinajstić information content (AvgIpc) is 2.85. The van der Waals surface area contributed by atoms with E-state index in [2.05, 4.69) is 44.3 Å². The molecule has 2 heteroatoms. The molecule has 0 saturated heterocycles. The second-order valence-corrected chi connectivity index (χ2v) is 4.81. The fourth-order valence-electron chi connectivity index (χ4n) is 2.32. The molecule has 1 atom stereocenters. The molecule has 2 aromatic rings. The van der Waals surface area contributed by atoms with E-state index in [0.29, 0.717) is 6.04 Å². The Morgan fingerprint density at radius 1 is 1.22 bits per heavy atom. The third kappa shape index (κ3) is 3.02. The summed E-state index contributed by atoms with van der Waals surface area (Å²) >= 11 is 0. The van der Waals surface area contributed by atoms with Gasteiger partial charge in [0.2, 0.25) is 0 Å². The Morgan fingerprint density at radius 2 is 2.06 bits per heavy atom. The number of hydrogen-bond acceptors (Lipinski definition) is 2. The summed E-state index contributed by atoms with van der Waals surface area (Å²) in [5.41, 5.74) is 5.28. The van der Waals surface area contributed by atoms with Crippen molar-refractivity contribution in [3.63, 3.8) is 0 Å². The number of furan rings is 1. The van der Waals surface area contributed by atoms with Gasteiger partial charge in [0.1, 0.15) is 0 Å². The van der Waals surface area contributed by atoms with Crippen molar-refractivity contribution >= 4 is 0 Å². The maximum absolute atomic E-state index is 5.16. The molecule has 0 aliphatic rings. The van der Waals surface area contributed by atoms with E-state index in [-0.39, 0.29) is 0 Å². The smallest absolute Gasteiger partial charge is 0.0935 e. The van der Waals surface area contributed by atoms with Gasteiger partial charge in [0.05, 0.1) is 12.5 Å². The molecule has 1 N–H and O–H groups in total. The minimum Gasteiger partial charge on any atom is -0.472 e. The van der Waals surface area contributed by atoms with Gasteiger partial charge in [-0.25, -0.2) is 0 Å². The van der Waals surface area contributed by atoms with Crippen molar-refractivity contribution in [3.05, 3.63) is 59.0 Å². The van der Waals surface area contributed by atoms with E-state index in [1.165, 1.54) is 22.3 Å². The van der Waals surface area contributed by atoms with Crippen LogP contribution in [0.15, 0.2) is 41.2 Å². The van der Waals surface area contributed by atoms with Crippen molar-refractivity contribution in [1.82, 2.24) is 5.32 Å². The van der Waals surface area contributed by atoms with Crippen molar-refractivity contribution in [1.29, 1.82) is 0 Å². The fourth-order valence-corrected chi connectivity index (χ4v) is 2.32. The van der Waals surface area contributed by atoms with Crippen LogP contribution in [0.4, 0.5) is 0 Å². The van der Waals surface area contributed by atoms with Gasteiger partial charge in [-0.05, 0) is 49.6 Å². The lowest BCUT2D eigenvalue weighted by molar-refractivity contribution is 0.533. The predicted octanol–water partition coefficient (Wildman–Crippen LogP) is 3.79. The van der Waals surface area contributed by atoms with Crippen molar-refractivity contribution in [2.24, 2.45) is 0 Å². The quantitative estimate of drug-likeness (QED) is 0.864. The zero-order valence-electron chi connectivity index (χ0n) is 11.4. The molecule has 0 radical (unpaired) electrons. The predicted molar refractivity (Wildman–Crippen MR) is 74.7 cm³/mol. The molecule has 1 aromatic heterocycles. The van der Waals surface area contributed by atoms with Crippen molar-refractivity contribution in [2.75, 3.05) is 6.54 Å². The molecule has 0 saturated carbocycles. The van der Waals surface area contributed by atoms with E-state index in [1.54, 1.807) is 6.26 Å². The summed E-state index contributed by atoms with van der Waals surface area (Å²) in [5, 5.41) is 3.56. The molecular formula is C16H21NO. The summed E-state index contributed by atoms with van der Waals surface area (Å²) in [5.74, 6) is 0. The second kappa shape index (κ2) is 5.87. The monoisotopic (exact) mass is 243 g/mol. The zero-order chi connectivity index (χ0) is 13.0. The van der Waals surface area contributed by atoms with Crippen LogP contribution in [0.2, 0.25) is 0 Å². The Balaban J connectivity index is 2.26. The maximum Gasteiger partial charge on any atom is 0.0935 e. The van der Waals surface area contributed by atoms with Crippen LogP contribution >= 0.6 is 0 Å². The Kier molecular flexibility index (Phi) is 4.21. The van der Waals surface area contributed by atoms with E-state index >= 15 is 0 Å². The third-order valence-electron chi connectivity index (χ3n) is 3.28. The van der Waals surface area contributed by atoms with Gasteiger partial charge in [-0.1, -0.05) is 30.7 Å². The lowest BCUT2D eigenvalue weighted by Gasteiger charge is -2.20. The summed E-state index contributed by atoms with van der Waals surface area (Å²) in [6.07, 6.45) is 4.53. The van der Waals surface area contributed by atoms with Gasteiger partial charge in [0.25, 0.3) is 0 Å². The maximum atomic E-state index is 5.16. The van der Waals surface area contributed by atoms with Crippen LogP contribution in [0.3, 0.4) is 0 Å². The van der Waals surface area contributed by atoms with Gasteiger partial charge in [-0.3, -0.25) is 0 Å². The van der Waals surface area contributed by atoms with E-state index in [0.717, 1.165) is 13.0 Å². The zero-order valence-corrected chi connectivity index (χ0v) is 11.4. The number of aryl methyl sites for hydroxylation is 2. The van der Waals surface area contributed by atoms with E-state index in [9.17, 15) is 0 Å². The molecule has 0 aliphatic carbocycles. The van der Waals surface area contributed by atoms with Gasteiger partial charge < -0.3 is 9.73 Å². The topological polar surface area (TPSA) is 25.2 Å². The standard InChI is InChI=1S/C16H21NO/c1-4-17-16(10-14-7-8-18-11-14)15-9-12(2)5-6-13(15)3/h5-9,11,16-17H,4,10H2,1-3H3. The summed E-state index contributed by atoms with van der Waals surface area (Å²) in [6, 6.07) is 9.04. The molecule has 2 nitrogen and oxygen atoms in total. The van der Waals surface area contributed by atoms with Gasteiger partial charge in [0, 0.05) is 6.04 Å². The summed E-state index contributed by atoms with van der Waals surface area (Å²) in [7, 11) is 0. The molecule has 0 bridgehead atoms. The van der Waals surface area contributed by atoms with Gasteiger partial charge in [-0.2, -0.15) is 0 Å². The highest BCUT2D eigenvalue weighted by atomic mass is 16.3. The SMILES string of the molecule is CCNC(Cc1ccoc1)c1cc(C)ccc1C. The molecule has 0 spiro atoms. The molecule has 2 rings (SSSR count). The van der Waals surface area contributed by atoms with E-state index in [1.807, 2.05) is 12.3 Å². The van der Waals surface area contributed by atoms with Crippen LogP contribution in [0.25, 0.3) is 0 Å². The normalized spacial score (nSPS) is 12.6. The summed E-state index contributed by atoms with van der Waals surface area (Å²) in [6.45, 7) is 7.43. The molecule has 0 fully saturated rings. The highest BCUT2D eigenvalue weighted by Crippen LogP contribution is 2.23. The average molecular weight is 243 g/mol. The van der Waals surface area contributed by atoms with Crippen LogP contribution in [-0.4, -0.2) is 6.54 Å². The Morgan fingerprint density at radius 3 is 2.72 bits per heavy atom. The Bertz CT molecular complexity index is 488. The fraction of sp³-hybridized carbons (Fsp3) is 0.375. The van der Waals surface area contributed by atoms with Crippen LogP contribution < -0.4 is 5.32 Å². The van der Waals surface area contributed by atoms with Crippen molar-refractivity contribution in [2.45, 2.75) is 33.2 Å². The first-order chi connectivity index (χ1) is 8.70. The molecule has 96 valence electrons.